The number of urea groups is 1. The van der Waals surface area contributed by atoms with Gasteiger partial charge in [0.2, 0.25) is 0 Å². The third-order valence-corrected chi connectivity index (χ3v) is 4.60. The van der Waals surface area contributed by atoms with Crippen LogP contribution in [0.25, 0.3) is 0 Å². The molecule has 4 rings (SSSR count). The predicted octanol–water partition coefficient (Wildman–Crippen LogP) is 2.96. The number of halogens is 1. The topological polar surface area (TPSA) is 67.9 Å². The molecule has 3 amide bonds. The largest absolute Gasteiger partial charge is 0.494 e. The van der Waals surface area contributed by atoms with E-state index in [0.29, 0.717) is 23.6 Å². The van der Waals surface area contributed by atoms with Gasteiger partial charge in [-0.2, -0.15) is 0 Å². The number of para-hydroxylation sites is 1. The standard InChI is InChI=1S/C19H17FN2O4/c1-25-15-8-7-12(10-13(15)20)16-18(23)22(19(24)21-16)14-6-2-4-11-5-3-9-26-17(11)14/h2,4,6-8,10,16H,3,5,9H2,1H3,(H,21,24). The van der Waals surface area contributed by atoms with Crippen LogP contribution in [0.15, 0.2) is 36.4 Å². The van der Waals surface area contributed by atoms with Crippen molar-refractivity contribution in [2.75, 3.05) is 18.6 Å². The van der Waals surface area contributed by atoms with Crippen LogP contribution in [0.5, 0.6) is 11.5 Å². The first-order chi connectivity index (χ1) is 12.6. The summed E-state index contributed by atoms with van der Waals surface area (Å²) < 4.78 is 24.6. The number of amides is 3. The van der Waals surface area contributed by atoms with E-state index in [9.17, 15) is 14.0 Å². The van der Waals surface area contributed by atoms with Crippen LogP contribution in [0, 0.1) is 5.82 Å². The molecule has 2 aliphatic rings. The fourth-order valence-electron chi connectivity index (χ4n) is 3.34. The molecule has 0 aromatic heterocycles. The molecule has 0 spiro atoms. The number of fused-ring (bicyclic) bond motifs is 1. The summed E-state index contributed by atoms with van der Waals surface area (Å²) in [5, 5.41) is 2.61. The molecule has 2 aliphatic heterocycles. The Morgan fingerprint density at radius 3 is 2.88 bits per heavy atom. The normalized spacial score (nSPS) is 19.0. The van der Waals surface area contributed by atoms with Crippen molar-refractivity contribution in [3.63, 3.8) is 0 Å². The van der Waals surface area contributed by atoms with E-state index in [1.54, 1.807) is 18.2 Å². The third kappa shape index (κ3) is 2.56. The zero-order chi connectivity index (χ0) is 18.3. The SMILES string of the molecule is COc1ccc(C2NC(=O)N(c3cccc4c3OCCC4)C2=O)cc1F. The van der Waals surface area contributed by atoms with E-state index in [1.807, 2.05) is 6.07 Å². The van der Waals surface area contributed by atoms with Crippen molar-refractivity contribution in [2.24, 2.45) is 0 Å². The van der Waals surface area contributed by atoms with Gasteiger partial charge in [-0.15, -0.1) is 0 Å². The first-order valence-electron chi connectivity index (χ1n) is 8.32. The number of benzene rings is 2. The smallest absolute Gasteiger partial charge is 0.329 e. The number of carbonyl (C=O) groups excluding carboxylic acids is 2. The highest BCUT2D eigenvalue weighted by molar-refractivity contribution is 6.22. The summed E-state index contributed by atoms with van der Waals surface area (Å²) in [5.74, 6) is -0.426. The zero-order valence-electron chi connectivity index (χ0n) is 14.1. The molecule has 0 saturated carbocycles. The number of nitrogens with one attached hydrogen (secondary N) is 1. The second-order valence-corrected chi connectivity index (χ2v) is 6.17. The van der Waals surface area contributed by atoms with Gasteiger partial charge in [0, 0.05) is 0 Å². The second-order valence-electron chi connectivity index (χ2n) is 6.17. The minimum absolute atomic E-state index is 0.0768. The van der Waals surface area contributed by atoms with Gasteiger partial charge in [0.25, 0.3) is 5.91 Å². The number of hydrogen-bond acceptors (Lipinski definition) is 4. The summed E-state index contributed by atoms with van der Waals surface area (Å²) in [6, 6.07) is 8.07. The number of nitrogens with zero attached hydrogens (tertiary/aromatic N) is 1. The highest BCUT2D eigenvalue weighted by Crippen LogP contribution is 2.38. The van der Waals surface area contributed by atoms with Crippen LogP contribution in [0.1, 0.15) is 23.6 Å². The molecule has 1 unspecified atom stereocenters. The Bertz CT molecular complexity index is 899. The molecule has 2 heterocycles. The summed E-state index contributed by atoms with van der Waals surface area (Å²) in [6.45, 7) is 0.542. The van der Waals surface area contributed by atoms with E-state index >= 15 is 0 Å². The first kappa shape index (κ1) is 16.4. The summed E-state index contributed by atoms with van der Waals surface area (Å²) in [7, 11) is 1.36. The Balaban J connectivity index is 1.69. The van der Waals surface area contributed by atoms with Gasteiger partial charge < -0.3 is 14.8 Å². The molecule has 2 aromatic rings. The lowest BCUT2D eigenvalue weighted by atomic mass is 10.0. The summed E-state index contributed by atoms with van der Waals surface area (Å²) in [5.41, 5.74) is 1.74. The van der Waals surface area contributed by atoms with Gasteiger partial charge in [0.15, 0.2) is 11.6 Å². The monoisotopic (exact) mass is 356 g/mol. The van der Waals surface area contributed by atoms with Crippen molar-refractivity contribution in [1.82, 2.24) is 5.32 Å². The quantitative estimate of drug-likeness (QED) is 0.859. The highest BCUT2D eigenvalue weighted by atomic mass is 19.1. The van der Waals surface area contributed by atoms with E-state index in [1.165, 1.54) is 19.2 Å². The maximum Gasteiger partial charge on any atom is 0.329 e. The van der Waals surface area contributed by atoms with Crippen molar-refractivity contribution < 1.29 is 23.5 Å². The lowest BCUT2D eigenvalue weighted by Crippen LogP contribution is -2.31. The zero-order valence-corrected chi connectivity index (χ0v) is 14.1. The highest BCUT2D eigenvalue weighted by Gasteiger charge is 2.42. The maximum absolute atomic E-state index is 14.0. The van der Waals surface area contributed by atoms with Crippen LogP contribution in [0.3, 0.4) is 0 Å². The lowest BCUT2D eigenvalue weighted by molar-refractivity contribution is -0.118. The van der Waals surface area contributed by atoms with Gasteiger partial charge in [-0.25, -0.2) is 14.1 Å². The van der Waals surface area contributed by atoms with Crippen molar-refractivity contribution in [3.05, 3.63) is 53.3 Å². The Hall–Kier alpha value is -3.09. The number of imide groups is 1. The molecular weight excluding hydrogens is 339 g/mol. The molecule has 134 valence electrons. The number of aryl methyl sites for hydroxylation is 1. The molecule has 1 atom stereocenters. The van der Waals surface area contributed by atoms with Crippen LogP contribution in [0.2, 0.25) is 0 Å². The fourth-order valence-corrected chi connectivity index (χ4v) is 3.34. The van der Waals surface area contributed by atoms with E-state index in [2.05, 4.69) is 5.32 Å². The number of anilines is 1. The third-order valence-electron chi connectivity index (χ3n) is 4.60. The average molecular weight is 356 g/mol. The fraction of sp³-hybridized carbons (Fsp3) is 0.263. The van der Waals surface area contributed by atoms with Crippen LogP contribution in [0.4, 0.5) is 14.9 Å². The van der Waals surface area contributed by atoms with Gasteiger partial charge in [-0.3, -0.25) is 4.79 Å². The number of rotatable bonds is 3. The van der Waals surface area contributed by atoms with E-state index in [-0.39, 0.29) is 5.75 Å². The average Bonchev–Trinajstić information content (AvgIpc) is 2.95. The van der Waals surface area contributed by atoms with Crippen LogP contribution in [-0.4, -0.2) is 25.7 Å². The molecule has 0 radical (unpaired) electrons. The number of carbonyl (C=O) groups is 2. The number of hydrogen-bond donors (Lipinski definition) is 1. The van der Waals surface area contributed by atoms with Gasteiger partial charge in [0.1, 0.15) is 11.8 Å². The molecule has 7 heteroatoms. The van der Waals surface area contributed by atoms with Crippen molar-refractivity contribution >= 4 is 17.6 Å². The molecular formula is C19H17FN2O4. The molecule has 1 fully saturated rings. The van der Waals surface area contributed by atoms with Crippen LogP contribution >= 0.6 is 0 Å². The maximum atomic E-state index is 14.0. The Morgan fingerprint density at radius 2 is 2.12 bits per heavy atom. The van der Waals surface area contributed by atoms with Crippen LogP contribution < -0.4 is 19.7 Å². The summed E-state index contributed by atoms with van der Waals surface area (Å²) >= 11 is 0. The Morgan fingerprint density at radius 1 is 1.27 bits per heavy atom. The van der Waals surface area contributed by atoms with Crippen LogP contribution in [-0.2, 0) is 11.2 Å². The molecule has 6 nitrogen and oxygen atoms in total. The predicted molar refractivity (Wildman–Crippen MR) is 92.0 cm³/mol. The summed E-state index contributed by atoms with van der Waals surface area (Å²) in [4.78, 5) is 26.5. The summed E-state index contributed by atoms with van der Waals surface area (Å²) in [6.07, 6.45) is 1.73. The molecule has 0 aliphatic carbocycles. The van der Waals surface area contributed by atoms with E-state index in [0.717, 1.165) is 23.3 Å². The molecule has 0 bridgehead atoms. The second kappa shape index (κ2) is 6.33. The number of ether oxygens (including phenoxy) is 2. The molecule has 1 N–H and O–H groups in total. The molecule has 2 aromatic carbocycles. The minimum atomic E-state index is -0.956. The van der Waals surface area contributed by atoms with Crippen molar-refractivity contribution in [2.45, 2.75) is 18.9 Å². The van der Waals surface area contributed by atoms with E-state index in [4.69, 9.17) is 9.47 Å². The van der Waals surface area contributed by atoms with Gasteiger partial charge in [-0.05, 0) is 42.2 Å². The van der Waals surface area contributed by atoms with Gasteiger partial charge in [-0.1, -0.05) is 18.2 Å². The molecule has 1 saturated heterocycles. The Kier molecular flexibility index (Phi) is 3.99. The van der Waals surface area contributed by atoms with Gasteiger partial charge >= 0.3 is 6.03 Å². The van der Waals surface area contributed by atoms with Gasteiger partial charge in [0.05, 0.1) is 19.4 Å². The number of methoxy groups -OCH3 is 1. The molecule has 26 heavy (non-hydrogen) atoms. The van der Waals surface area contributed by atoms with Crippen molar-refractivity contribution in [1.29, 1.82) is 0 Å². The lowest BCUT2D eigenvalue weighted by Gasteiger charge is -2.23. The minimum Gasteiger partial charge on any atom is -0.494 e. The Labute approximate surface area is 149 Å². The van der Waals surface area contributed by atoms with E-state index < -0.39 is 23.8 Å². The first-order valence-corrected chi connectivity index (χ1v) is 8.32. The van der Waals surface area contributed by atoms with Crippen molar-refractivity contribution in [3.8, 4) is 11.5 Å².